The van der Waals surface area contributed by atoms with Gasteiger partial charge in [-0.05, 0) is 42.5 Å². The maximum absolute atomic E-state index is 12.5. The number of benzene rings is 2. The van der Waals surface area contributed by atoms with Crippen molar-refractivity contribution in [3.63, 3.8) is 0 Å². The molecular weight excluding hydrogens is 364 g/mol. The number of halogens is 1. The number of aromatic nitrogens is 3. The van der Waals surface area contributed by atoms with Crippen molar-refractivity contribution in [2.45, 2.75) is 0 Å². The SMILES string of the molecule is O=C(Nc1ccccc1-c1nc(-c2cccnc2)no1)c1cccc(Cl)c1. The third-order valence-corrected chi connectivity index (χ3v) is 4.07. The van der Waals surface area contributed by atoms with E-state index in [2.05, 4.69) is 20.4 Å². The first-order valence-corrected chi connectivity index (χ1v) is 8.49. The van der Waals surface area contributed by atoms with Crippen molar-refractivity contribution in [1.29, 1.82) is 0 Å². The minimum Gasteiger partial charge on any atom is -0.334 e. The Bertz CT molecular complexity index is 1100. The fourth-order valence-electron chi connectivity index (χ4n) is 2.55. The van der Waals surface area contributed by atoms with Gasteiger partial charge in [0.2, 0.25) is 5.82 Å². The third-order valence-electron chi connectivity index (χ3n) is 3.84. The Labute approximate surface area is 159 Å². The van der Waals surface area contributed by atoms with Crippen LogP contribution in [0.1, 0.15) is 10.4 Å². The second-order valence-corrected chi connectivity index (χ2v) is 6.11. The molecule has 0 spiro atoms. The van der Waals surface area contributed by atoms with Crippen LogP contribution in [0, 0.1) is 0 Å². The van der Waals surface area contributed by atoms with Gasteiger partial charge in [-0.25, -0.2) is 0 Å². The predicted octanol–water partition coefficient (Wildman–Crippen LogP) is 4.70. The van der Waals surface area contributed by atoms with Gasteiger partial charge in [-0.2, -0.15) is 4.98 Å². The summed E-state index contributed by atoms with van der Waals surface area (Å²) < 4.78 is 5.39. The van der Waals surface area contributed by atoms with Gasteiger partial charge in [0.25, 0.3) is 11.8 Å². The van der Waals surface area contributed by atoms with Crippen LogP contribution in [0.4, 0.5) is 5.69 Å². The van der Waals surface area contributed by atoms with Crippen LogP contribution in [0.2, 0.25) is 5.02 Å². The number of rotatable bonds is 4. The monoisotopic (exact) mass is 376 g/mol. The van der Waals surface area contributed by atoms with E-state index in [-0.39, 0.29) is 5.91 Å². The van der Waals surface area contributed by atoms with Gasteiger partial charge < -0.3 is 9.84 Å². The summed E-state index contributed by atoms with van der Waals surface area (Å²) in [5.41, 5.74) is 2.38. The van der Waals surface area contributed by atoms with Crippen LogP contribution in [-0.2, 0) is 0 Å². The summed E-state index contributed by atoms with van der Waals surface area (Å²) >= 11 is 5.96. The smallest absolute Gasteiger partial charge is 0.260 e. The Morgan fingerprint density at radius 1 is 1.04 bits per heavy atom. The number of amides is 1. The fourth-order valence-corrected chi connectivity index (χ4v) is 2.74. The minimum atomic E-state index is -0.281. The van der Waals surface area contributed by atoms with Crippen molar-refractivity contribution in [1.82, 2.24) is 15.1 Å². The Balaban J connectivity index is 1.64. The number of anilines is 1. The Hall–Kier alpha value is -3.51. The number of carbonyl (C=O) groups is 1. The van der Waals surface area contributed by atoms with Crippen molar-refractivity contribution in [2.24, 2.45) is 0 Å². The lowest BCUT2D eigenvalue weighted by Crippen LogP contribution is -2.12. The molecule has 2 aromatic carbocycles. The van der Waals surface area contributed by atoms with Crippen molar-refractivity contribution < 1.29 is 9.32 Å². The van der Waals surface area contributed by atoms with Gasteiger partial charge in [0.15, 0.2) is 0 Å². The number of nitrogens with one attached hydrogen (secondary N) is 1. The molecule has 7 heteroatoms. The molecule has 0 saturated carbocycles. The van der Waals surface area contributed by atoms with Gasteiger partial charge in [0.1, 0.15) is 0 Å². The van der Waals surface area contributed by atoms with Crippen molar-refractivity contribution in [3.05, 3.63) is 83.6 Å². The van der Waals surface area contributed by atoms with Gasteiger partial charge in [-0.1, -0.05) is 35.0 Å². The maximum atomic E-state index is 12.5. The molecule has 0 aliphatic heterocycles. The molecule has 0 bridgehead atoms. The zero-order valence-corrected chi connectivity index (χ0v) is 14.7. The summed E-state index contributed by atoms with van der Waals surface area (Å²) in [5, 5.41) is 7.35. The van der Waals surface area contributed by atoms with Crippen molar-refractivity contribution in [3.8, 4) is 22.8 Å². The average molecular weight is 377 g/mol. The number of para-hydroxylation sites is 1. The van der Waals surface area contributed by atoms with Gasteiger partial charge in [-0.3, -0.25) is 9.78 Å². The highest BCUT2D eigenvalue weighted by Gasteiger charge is 2.16. The predicted molar refractivity (Wildman–Crippen MR) is 102 cm³/mol. The summed E-state index contributed by atoms with van der Waals surface area (Å²) in [6.45, 7) is 0. The van der Waals surface area contributed by atoms with E-state index in [0.29, 0.717) is 33.6 Å². The van der Waals surface area contributed by atoms with E-state index < -0.39 is 0 Å². The highest BCUT2D eigenvalue weighted by Crippen LogP contribution is 2.28. The zero-order valence-electron chi connectivity index (χ0n) is 14.0. The number of nitrogens with zero attached hydrogens (tertiary/aromatic N) is 3. The minimum absolute atomic E-state index is 0.281. The van der Waals surface area contributed by atoms with Crippen LogP contribution in [0.3, 0.4) is 0 Å². The lowest BCUT2D eigenvalue weighted by molar-refractivity contribution is 0.102. The van der Waals surface area contributed by atoms with Crippen LogP contribution < -0.4 is 5.32 Å². The molecule has 0 aliphatic carbocycles. The molecule has 0 saturated heterocycles. The maximum Gasteiger partial charge on any atom is 0.260 e. The summed E-state index contributed by atoms with van der Waals surface area (Å²) in [5.74, 6) is 0.446. The second kappa shape index (κ2) is 7.39. The van der Waals surface area contributed by atoms with Gasteiger partial charge in [0, 0.05) is 28.5 Å². The first kappa shape index (κ1) is 16.9. The van der Waals surface area contributed by atoms with Gasteiger partial charge in [0.05, 0.1) is 11.3 Å². The van der Waals surface area contributed by atoms with Crippen LogP contribution >= 0.6 is 11.6 Å². The van der Waals surface area contributed by atoms with E-state index in [4.69, 9.17) is 16.1 Å². The van der Waals surface area contributed by atoms with Crippen LogP contribution in [-0.4, -0.2) is 21.0 Å². The molecule has 2 heterocycles. The van der Waals surface area contributed by atoms with E-state index in [1.54, 1.807) is 54.9 Å². The Kier molecular flexibility index (Phi) is 4.63. The Morgan fingerprint density at radius 2 is 1.93 bits per heavy atom. The van der Waals surface area contributed by atoms with E-state index in [9.17, 15) is 4.79 Å². The first-order chi connectivity index (χ1) is 13.2. The van der Waals surface area contributed by atoms with Crippen LogP contribution in [0.15, 0.2) is 77.6 Å². The quantitative estimate of drug-likeness (QED) is 0.558. The molecule has 1 amide bonds. The molecule has 132 valence electrons. The largest absolute Gasteiger partial charge is 0.334 e. The number of carbonyl (C=O) groups excluding carboxylic acids is 1. The lowest BCUT2D eigenvalue weighted by atomic mass is 10.1. The summed E-state index contributed by atoms with van der Waals surface area (Å²) in [4.78, 5) is 21.0. The summed E-state index contributed by atoms with van der Waals surface area (Å²) in [7, 11) is 0. The van der Waals surface area contributed by atoms with E-state index in [0.717, 1.165) is 5.56 Å². The molecule has 4 aromatic rings. The fraction of sp³-hybridized carbons (Fsp3) is 0. The summed E-state index contributed by atoms with van der Waals surface area (Å²) in [6, 6.07) is 17.6. The van der Waals surface area contributed by atoms with E-state index in [1.165, 1.54) is 0 Å². The van der Waals surface area contributed by atoms with Gasteiger partial charge in [-0.15, -0.1) is 0 Å². The van der Waals surface area contributed by atoms with Crippen molar-refractivity contribution >= 4 is 23.2 Å². The molecule has 0 aliphatic rings. The second-order valence-electron chi connectivity index (χ2n) is 5.67. The van der Waals surface area contributed by atoms with Crippen molar-refractivity contribution in [2.75, 3.05) is 5.32 Å². The molecular formula is C20H13ClN4O2. The van der Waals surface area contributed by atoms with E-state index >= 15 is 0 Å². The third kappa shape index (κ3) is 3.70. The molecule has 0 fully saturated rings. The molecule has 27 heavy (non-hydrogen) atoms. The standard InChI is InChI=1S/C20H13ClN4O2/c21-15-7-3-5-13(11-15)19(26)23-17-9-2-1-8-16(17)20-24-18(25-27-20)14-6-4-10-22-12-14/h1-12H,(H,23,26). The normalized spacial score (nSPS) is 10.6. The van der Waals surface area contributed by atoms with E-state index in [1.807, 2.05) is 18.2 Å². The topological polar surface area (TPSA) is 80.9 Å². The Morgan fingerprint density at radius 3 is 2.74 bits per heavy atom. The summed E-state index contributed by atoms with van der Waals surface area (Å²) in [6.07, 6.45) is 3.33. The highest BCUT2D eigenvalue weighted by molar-refractivity contribution is 6.31. The van der Waals surface area contributed by atoms with Crippen LogP contribution in [0.5, 0.6) is 0 Å². The molecule has 0 radical (unpaired) electrons. The number of pyridine rings is 1. The lowest BCUT2D eigenvalue weighted by Gasteiger charge is -2.08. The zero-order chi connectivity index (χ0) is 18.6. The number of hydrogen-bond acceptors (Lipinski definition) is 5. The molecule has 1 N–H and O–H groups in total. The molecule has 4 rings (SSSR count). The average Bonchev–Trinajstić information content (AvgIpc) is 3.19. The molecule has 2 aromatic heterocycles. The van der Waals surface area contributed by atoms with Gasteiger partial charge >= 0.3 is 0 Å². The molecule has 6 nitrogen and oxygen atoms in total. The van der Waals surface area contributed by atoms with Crippen LogP contribution in [0.25, 0.3) is 22.8 Å². The first-order valence-electron chi connectivity index (χ1n) is 8.11. The highest BCUT2D eigenvalue weighted by atomic mass is 35.5. The molecule has 0 unspecified atom stereocenters. The molecule has 0 atom stereocenters. The number of hydrogen-bond donors (Lipinski definition) is 1.